The highest BCUT2D eigenvalue weighted by atomic mass is 79.9. The van der Waals surface area contributed by atoms with Crippen LogP contribution in [0.15, 0.2) is 46.9 Å². The quantitative estimate of drug-likeness (QED) is 0.913. The number of benzene rings is 2. The van der Waals surface area contributed by atoms with Crippen LogP contribution in [0, 0.1) is 0 Å². The smallest absolute Gasteiger partial charge is 0.120 e. The number of hydrogen-bond donors (Lipinski definition) is 1. The molecule has 0 heterocycles. The maximum Gasteiger partial charge on any atom is 0.120 e. The Hall–Kier alpha value is -1.03. The number of hydrogen-bond acceptors (Lipinski definition) is 2. The molecule has 2 aromatic rings. The minimum atomic E-state index is -0.0152. The van der Waals surface area contributed by atoms with Crippen LogP contribution in [-0.4, -0.2) is 5.11 Å². The molecule has 0 aliphatic heterocycles. The van der Waals surface area contributed by atoms with Gasteiger partial charge in [-0.3, -0.25) is 0 Å². The number of ether oxygens (including phenoxy) is 1. The number of halogens is 2. The summed E-state index contributed by atoms with van der Waals surface area (Å²) < 4.78 is 6.53. The fraction of sp³-hybridized carbons (Fsp3) is 0.143. The molecule has 94 valence electrons. The molecule has 0 spiro atoms. The number of aliphatic hydroxyl groups is 1. The van der Waals surface area contributed by atoms with Crippen LogP contribution in [0.5, 0.6) is 5.75 Å². The van der Waals surface area contributed by atoms with E-state index in [9.17, 15) is 0 Å². The van der Waals surface area contributed by atoms with E-state index in [-0.39, 0.29) is 6.61 Å². The van der Waals surface area contributed by atoms with Gasteiger partial charge in [0.1, 0.15) is 12.4 Å². The van der Waals surface area contributed by atoms with Crippen LogP contribution in [0.3, 0.4) is 0 Å². The van der Waals surface area contributed by atoms with Crippen molar-refractivity contribution in [1.29, 1.82) is 0 Å². The van der Waals surface area contributed by atoms with E-state index in [1.165, 1.54) is 0 Å². The highest BCUT2D eigenvalue weighted by Crippen LogP contribution is 2.23. The van der Waals surface area contributed by atoms with Crippen LogP contribution >= 0.6 is 27.5 Å². The second-order valence-corrected chi connectivity index (χ2v) is 5.12. The third-order valence-corrected chi connectivity index (χ3v) is 3.53. The normalized spacial score (nSPS) is 10.4. The summed E-state index contributed by atoms with van der Waals surface area (Å²) in [5.74, 6) is 0.734. The fourth-order valence-electron chi connectivity index (χ4n) is 1.51. The van der Waals surface area contributed by atoms with E-state index in [4.69, 9.17) is 21.4 Å². The van der Waals surface area contributed by atoms with Crippen molar-refractivity contribution in [3.63, 3.8) is 0 Å². The first-order valence-corrected chi connectivity index (χ1v) is 6.62. The lowest BCUT2D eigenvalue weighted by Crippen LogP contribution is -1.96. The predicted octanol–water partition coefficient (Wildman–Crippen LogP) is 4.17. The SMILES string of the molecule is OCc1cc(OCc2ccc(Cl)cc2)ccc1Br. The molecule has 2 rings (SSSR count). The molecule has 0 saturated heterocycles. The minimum absolute atomic E-state index is 0.0152. The zero-order valence-corrected chi connectivity index (χ0v) is 11.9. The third kappa shape index (κ3) is 3.48. The van der Waals surface area contributed by atoms with Gasteiger partial charge in [-0.25, -0.2) is 0 Å². The predicted molar refractivity (Wildman–Crippen MR) is 75.8 cm³/mol. The van der Waals surface area contributed by atoms with Crippen LogP contribution in [-0.2, 0) is 13.2 Å². The zero-order chi connectivity index (χ0) is 13.0. The van der Waals surface area contributed by atoms with Crippen molar-refractivity contribution in [3.05, 3.63) is 63.1 Å². The summed E-state index contributed by atoms with van der Waals surface area (Å²) >= 11 is 9.18. The number of aliphatic hydroxyl groups excluding tert-OH is 1. The molecule has 1 N–H and O–H groups in total. The summed E-state index contributed by atoms with van der Waals surface area (Å²) in [7, 11) is 0. The molecule has 0 saturated carbocycles. The zero-order valence-electron chi connectivity index (χ0n) is 9.57. The second-order valence-electron chi connectivity index (χ2n) is 3.83. The molecule has 0 aliphatic carbocycles. The van der Waals surface area contributed by atoms with Crippen molar-refractivity contribution in [2.24, 2.45) is 0 Å². The van der Waals surface area contributed by atoms with Crippen molar-refractivity contribution in [1.82, 2.24) is 0 Å². The van der Waals surface area contributed by atoms with Gasteiger partial charge in [0.2, 0.25) is 0 Å². The standard InChI is InChI=1S/C14H12BrClO2/c15-14-6-5-13(7-11(14)8-17)18-9-10-1-3-12(16)4-2-10/h1-7,17H,8-9H2. The molecule has 18 heavy (non-hydrogen) atoms. The van der Waals surface area contributed by atoms with Crippen molar-refractivity contribution >= 4 is 27.5 Å². The van der Waals surface area contributed by atoms with Gasteiger partial charge in [0, 0.05) is 9.50 Å². The Labute approximate surface area is 119 Å². The first-order valence-electron chi connectivity index (χ1n) is 5.45. The van der Waals surface area contributed by atoms with Crippen molar-refractivity contribution in [3.8, 4) is 5.75 Å². The van der Waals surface area contributed by atoms with Crippen LogP contribution in [0.1, 0.15) is 11.1 Å². The molecular weight excluding hydrogens is 316 g/mol. The average Bonchev–Trinajstić information content (AvgIpc) is 2.39. The van der Waals surface area contributed by atoms with Gasteiger partial charge < -0.3 is 9.84 Å². The molecular formula is C14H12BrClO2. The third-order valence-electron chi connectivity index (χ3n) is 2.51. The lowest BCUT2D eigenvalue weighted by Gasteiger charge is -2.08. The van der Waals surface area contributed by atoms with Crippen LogP contribution in [0.4, 0.5) is 0 Å². The van der Waals surface area contributed by atoms with E-state index in [1.54, 1.807) is 0 Å². The summed E-state index contributed by atoms with van der Waals surface area (Å²) in [5, 5.41) is 9.87. The molecule has 0 fully saturated rings. The molecule has 0 aliphatic rings. The Morgan fingerprint density at radius 1 is 1.11 bits per heavy atom. The topological polar surface area (TPSA) is 29.5 Å². The van der Waals surface area contributed by atoms with Gasteiger partial charge in [-0.1, -0.05) is 39.7 Å². The molecule has 0 atom stereocenters. The van der Waals surface area contributed by atoms with Gasteiger partial charge >= 0.3 is 0 Å². The first kappa shape index (κ1) is 13.4. The molecule has 0 unspecified atom stereocenters. The highest BCUT2D eigenvalue weighted by Gasteiger charge is 2.02. The maximum atomic E-state index is 9.16. The summed E-state index contributed by atoms with van der Waals surface area (Å²) in [5.41, 5.74) is 1.86. The minimum Gasteiger partial charge on any atom is -0.489 e. The van der Waals surface area contributed by atoms with Crippen molar-refractivity contribution < 1.29 is 9.84 Å². The van der Waals surface area contributed by atoms with Crippen molar-refractivity contribution in [2.75, 3.05) is 0 Å². The van der Waals surface area contributed by atoms with E-state index >= 15 is 0 Å². The molecule has 0 aromatic heterocycles. The van der Waals surface area contributed by atoms with Gasteiger partial charge in [0.15, 0.2) is 0 Å². The van der Waals surface area contributed by atoms with Crippen LogP contribution < -0.4 is 4.74 Å². The molecule has 4 heteroatoms. The van der Waals surface area contributed by atoms with Gasteiger partial charge in [-0.2, -0.15) is 0 Å². The lowest BCUT2D eigenvalue weighted by atomic mass is 10.2. The molecule has 0 radical (unpaired) electrons. The highest BCUT2D eigenvalue weighted by molar-refractivity contribution is 9.10. The Morgan fingerprint density at radius 3 is 2.50 bits per heavy atom. The van der Waals surface area contributed by atoms with Gasteiger partial charge in [0.25, 0.3) is 0 Å². The van der Waals surface area contributed by atoms with Crippen LogP contribution in [0.25, 0.3) is 0 Å². The number of rotatable bonds is 4. The summed E-state index contributed by atoms with van der Waals surface area (Å²) in [4.78, 5) is 0. The molecule has 2 aromatic carbocycles. The average molecular weight is 328 g/mol. The van der Waals surface area contributed by atoms with E-state index in [0.29, 0.717) is 11.6 Å². The van der Waals surface area contributed by atoms with E-state index < -0.39 is 0 Å². The summed E-state index contributed by atoms with van der Waals surface area (Å²) in [6.07, 6.45) is 0. The van der Waals surface area contributed by atoms with Crippen molar-refractivity contribution in [2.45, 2.75) is 13.2 Å². The second kappa shape index (κ2) is 6.23. The fourth-order valence-corrected chi connectivity index (χ4v) is 2.01. The first-order chi connectivity index (χ1) is 8.69. The largest absolute Gasteiger partial charge is 0.489 e. The molecule has 0 amide bonds. The van der Waals surface area contributed by atoms with Gasteiger partial charge in [-0.05, 0) is 41.5 Å². The van der Waals surface area contributed by atoms with Crippen LogP contribution in [0.2, 0.25) is 5.02 Å². The van der Waals surface area contributed by atoms with Gasteiger partial charge in [-0.15, -0.1) is 0 Å². The van der Waals surface area contributed by atoms with E-state index in [0.717, 1.165) is 21.3 Å². The lowest BCUT2D eigenvalue weighted by molar-refractivity contribution is 0.277. The summed E-state index contributed by atoms with van der Waals surface area (Å²) in [6, 6.07) is 13.1. The van der Waals surface area contributed by atoms with E-state index in [1.807, 2.05) is 42.5 Å². The van der Waals surface area contributed by atoms with Gasteiger partial charge in [0.05, 0.1) is 6.61 Å². The Bertz CT molecular complexity index is 526. The molecule has 2 nitrogen and oxygen atoms in total. The maximum absolute atomic E-state index is 9.16. The monoisotopic (exact) mass is 326 g/mol. The Morgan fingerprint density at radius 2 is 1.83 bits per heavy atom. The summed E-state index contributed by atoms with van der Waals surface area (Å²) in [6.45, 7) is 0.461. The van der Waals surface area contributed by atoms with E-state index in [2.05, 4.69) is 15.9 Å². The Balaban J connectivity index is 2.04. The Kier molecular flexibility index (Phi) is 4.64. The molecule has 0 bridgehead atoms.